The maximum Gasteiger partial charge on any atom is 0.348 e. The SMILES string of the molecule is COC(=O)c1sc2ncnc(NC3=CC=CN=C=C3OC3CCC(N)CC3)c2c1C. The lowest BCUT2D eigenvalue weighted by Crippen LogP contribution is -2.30. The van der Waals surface area contributed by atoms with Gasteiger partial charge in [0.1, 0.15) is 21.9 Å². The van der Waals surface area contributed by atoms with Crippen molar-refractivity contribution in [2.24, 2.45) is 10.7 Å². The summed E-state index contributed by atoms with van der Waals surface area (Å²) in [6, 6.07) is 0.247. The first kappa shape index (κ1) is 20.3. The molecule has 4 rings (SSSR count). The van der Waals surface area contributed by atoms with Crippen LogP contribution in [0.1, 0.15) is 40.9 Å². The molecule has 0 saturated heterocycles. The summed E-state index contributed by atoms with van der Waals surface area (Å²) in [6.07, 6.45) is 10.5. The largest absolute Gasteiger partial charge is 0.480 e. The van der Waals surface area contributed by atoms with Crippen molar-refractivity contribution in [3.05, 3.63) is 46.6 Å². The van der Waals surface area contributed by atoms with Gasteiger partial charge in [0.25, 0.3) is 0 Å². The minimum absolute atomic E-state index is 0.0741. The molecule has 8 nitrogen and oxygen atoms in total. The second-order valence-corrected chi connectivity index (χ2v) is 8.22. The molecule has 1 aliphatic carbocycles. The minimum Gasteiger partial charge on any atom is -0.480 e. The smallest absolute Gasteiger partial charge is 0.348 e. The van der Waals surface area contributed by atoms with Crippen molar-refractivity contribution in [3.8, 4) is 0 Å². The summed E-state index contributed by atoms with van der Waals surface area (Å²) in [5.74, 6) is 3.68. The van der Waals surface area contributed by atoms with Gasteiger partial charge in [0.05, 0.1) is 24.3 Å². The number of nitrogens with two attached hydrogens (primary N) is 1. The number of allylic oxidation sites excluding steroid dienone is 2. The van der Waals surface area contributed by atoms with Crippen LogP contribution in [-0.4, -0.2) is 41.1 Å². The van der Waals surface area contributed by atoms with Gasteiger partial charge in [-0.2, -0.15) is 0 Å². The van der Waals surface area contributed by atoms with Crippen LogP contribution in [0.2, 0.25) is 0 Å². The fraction of sp³-hybridized carbons (Fsp3) is 0.381. The fourth-order valence-electron chi connectivity index (χ4n) is 3.56. The lowest BCUT2D eigenvalue weighted by Gasteiger charge is -2.27. The Hall–Kier alpha value is -3.00. The van der Waals surface area contributed by atoms with Crippen molar-refractivity contribution < 1.29 is 14.3 Å². The molecule has 2 aromatic heterocycles. The van der Waals surface area contributed by atoms with Crippen LogP contribution in [0.15, 0.2) is 41.1 Å². The highest BCUT2D eigenvalue weighted by Gasteiger charge is 2.24. The Labute approximate surface area is 178 Å². The highest BCUT2D eigenvalue weighted by atomic mass is 32.1. The summed E-state index contributed by atoms with van der Waals surface area (Å²) >= 11 is 1.28. The van der Waals surface area contributed by atoms with Crippen molar-refractivity contribution in [2.75, 3.05) is 12.4 Å². The van der Waals surface area contributed by atoms with E-state index in [1.54, 1.807) is 12.3 Å². The molecule has 1 saturated carbocycles. The Kier molecular flexibility index (Phi) is 5.94. The van der Waals surface area contributed by atoms with Crippen molar-refractivity contribution >= 4 is 39.2 Å². The Balaban J connectivity index is 1.63. The second-order valence-electron chi connectivity index (χ2n) is 7.22. The van der Waals surface area contributed by atoms with Crippen molar-refractivity contribution in [3.63, 3.8) is 0 Å². The number of rotatable bonds is 5. The quantitative estimate of drug-likeness (QED) is 0.706. The average molecular weight is 426 g/mol. The number of aryl methyl sites for hydroxylation is 1. The van der Waals surface area contributed by atoms with Crippen molar-refractivity contribution in [1.82, 2.24) is 9.97 Å². The first-order valence-corrected chi connectivity index (χ1v) is 10.6. The summed E-state index contributed by atoms with van der Waals surface area (Å²) in [6.45, 7) is 1.86. The zero-order valence-electron chi connectivity index (χ0n) is 16.8. The third-order valence-corrected chi connectivity index (χ3v) is 6.37. The van der Waals surface area contributed by atoms with Crippen molar-refractivity contribution in [1.29, 1.82) is 0 Å². The number of carbonyl (C=O) groups is 1. The second kappa shape index (κ2) is 8.79. The van der Waals surface area contributed by atoms with Gasteiger partial charge in [-0.3, -0.25) is 0 Å². The van der Waals surface area contributed by atoms with E-state index < -0.39 is 0 Å². The molecule has 0 spiro atoms. The van der Waals surface area contributed by atoms with Crippen LogP contribution in [0, 0.1) is 6.92 Å². The van der Waals surface area contributed by atoms with Gasteiger partial charge in [-0.15, -0.1) is 11.3 Å². The first-order chi connectivity index (χ1) is 14.6. The van der Waals surface area contributed by atoms with E-state index in [9.17, 15) is 4.79 Å². The molecule has 3 heterocycles. The van der Waals surface area contributed by atoms with E-state index in [1.807, 2.05) is 13.0 Å². The van der Waals surface area contributed by atoms with E-state index in [-0.39, 0.29) is 18.1 Å². The molecule has 30 heavy (non-hydrogen) atoms. The van der Waals surface area contributed by atoms with Gasteiger partial charge in [0, 0.05) is 18.1 Å². The molecule has 9 heteroatoms. The molecule has 0 aromatic carbocycles. The predicted octanol–water partition coefficient (Wildman–Crippen LogP) is 3.45. The standard InChI is InChI=1S/C21H23N5O3S/c1-12-17-19(24-11-25-20(17)30-18(12)21(27)28-2)26-15-4-3-9-23-10-16(15)29-14-7-5-13(22)6-8-14/h3-4,9,11,13-14H,5-8,22H2,1-2H3,(H,24,25,26). The number of hydrogen-bond donors (Lipinski definition) is 2. The van der Waals surface area contributed by atoms with Crippen LogP contribution in [0.3, 0.4) is 0 Å². The van der Waals surface area contributed by atoms with Gasteiger partial charge in [-0.05, 0) is 50.3 Å². The molecule has 2 aliphatic rings. The molecule has 156 valence electrons. The fourth-order valence-corrected chi connectivity index (χ4v) is 4.62. The normalized spacial score (nSPS) is 21.0. The number of carbonyl (C=O) groups excluding carboxylic acids is 1. The van der Waals surface area contributed by atoms with Gasteiger partial charge in [0.15, 0.2) is 0 Å². The zero-order chi connectivity index (χ0) is 21.1. The topological polar surface area (TPSA) is 112 Å². The van der Waals surface area contributed by atoms with Gasteiger partial charge in [-0.25, -0.2) is 19.8 Å². The van der Waals surface area contributed by atoms with E-state index in [2.05, 4.69) is 26.1 Å². The van der Waals surface area contributed by atoms with E-state index in [0.717, 1.165) is 36.6 Å². The predicted molar refractivity (Wildman–Crippen MR) is 117 cm³/mol. The van der Waals surface area contributed by atoms with Crippen LogP contribution in [0.5, 0.6) is 0 Å². The molecule has 1 aliphatic heterocycles. The van der Waals surface area contributed by atoms with E-state index in [0.29, 0.717) is 27.0 Å². The van der Waals surface area contributed by atoms with E-state index in [4.69, 9.17) is 15.2 Å². The number of ether oxygens (including phenoxy) is 2. The number of anilines is 1. The molecule has 1 fully saturated rings. The molecular formula is C21H23N5O3S. The van der Waals surface area contributed by atoms with Gasteiger partial charge in [-0.1, -0.05) is 0 Å². The number of fused-ring (bicyclic) bond motifs is 1. The molecule has 0 bridgehead atoms. The maximum absolute atomic E-state index is 12.1. The Morgan fingerprint density at radius 3 is 2.87 bits per heavy atom. The molecular weight excluding hydrogens is 402 g/mol. The number of esters is 1. The number of aliphatic imine (C=N–C) groups is 1. The monoisotopic (exact) mass is 425 g/mol. The first-order valence-electron chi connectivity index (χ1n) is 9.78. The van der Waals surface area contributed by atoms with E-state index >= 15 is 0 Å². The molecule has 0 radical (unpaired) electrons. The van der Waals surface area contributed by atoms with Gasteiger partial charge < -0.3 is 20.5 Å². The lowest BCUT2D eigenvalue weighted by atomic mass is 9.94. The Morgan fingerprint density at radius 1 is 1.30 bits per heavy atom. The average Bonchev–Trinajstić information content (AvgIpc) is 2.95. The Morgan fingerprint density at radius 2 is 2.10 bits per heavy atom. The molecule has 0 atom stereocenters. The molecule has 2 aromatic rings. The summed E-state index contributed by atoms with van der Waals surface area (Å²) in [5, 5.41) is 4.10. The molecule has 0 unspecified atom stereocenters. The lowest BCUT2D eigenvalue weighted by molar-refractivity contribution is 0.0605. The third kappa shape index (κ3) is 4.14. The highest BCUT2D eigenvalue weighted by Crippen LogP contribution is 2.35. The Bertz CT molecular complexity index is 1090. The molecule has 3 N–H and O–H groups in total. The highest BCUT2D eigenvalue weighted by molar-refractivity contribution is 7.20. The van der Waals surface area contributed by atoms with Crippen LogP contribution < -0.4 is 11.1 Å². The number of thiophene rings is 1. The third-order valence-electron chi connectivity index (χ3n) is 5.19. The number of aromatic nitrogens is 2. The number of nitrogens with one attached hydrogen (secondary N) is 1. The van der Waals surface area contributed by atoms with Crippen LogP contribution in [-0.2, 0) is 9.47 Å². The summed E-state index contributed by atoms with van der Waals surface area (Å²) in [4.78, 5) is 26.2. The van der Waals surface area contributed by atoms with Crippen LogP contribution in [0.25, 0.3) is 10.2 Å². The number of methoxy groups -OCH3 is 1. The maximum atomic E-state index is 12.1. The van der Waals surface area contributed by atoms with Crippen LogP contribution in [0.4, 0.5) is 5.82 Å². The van der Waals surface area contributed by atoms with Crippen LogP contribution >= 0.6 is 11.3 Å². The number of nitrogens with zero attached hydrogens (tertiary/aromatic N) is 3. The number of hydrogen-bond acceptors (Lipinski definition) is 9. The summed E-state index contributed by atoms with van der Waals surface area (Å²) in [7, 11) is 1.37. The van der Waals surface area contributed by atoms with Gasteiger partial charge >= 0.3 is 5.97 Å². The summed E-state index contributed by atoms with van der Waals surface area (Å²) < 4.78 is 11.1. The van der Waals surface area contributed by atoms with Gasteiger partial charge in [0.2, 0.25) is 5.76 Å². The minimum atomic E-state index is -0.385. The zero-order valence-corrected chi connectivity index (χ0v) is 17.7. The van der Waals surface area contributed by atoms with Crippen molar-refractivity contribution in [2.45, 2.75) is 44.8 Å². The van der Waals surface area contributed by atoms with E-state index in [1.165, 1.54) is 24.8 Å². The molecule has 0 amide bonds. The summed E-state index contributed by atoms with van der Waals surface area (Å²) in [5.41, 5.74) is 7.47.